The van der Waals surface area contributed by atoms with Gasteiger partial charge in [-0.1, -0.05) is 0 Å². The van der Waals surface area contributed by atoms with Gasteiger partial charge in [-0.3, -0.25) is 0 Å². The summed E-state index contributed by atoms with van der Waals surface area (Å²) in [5.41, 5.74) is 0.329. The van der Waals surface area contributed by atoms with Gasteiger partial charge in [0, 0.05) is 43.2 Å². The summed E-state index contributed by atoms with van der Waals surface area (Å²) in [6, 6.07) is 2.04. The molecule has 0 amide bonds. The smallest absolute Gasteiger partial charge is 0.132 e. The molecule has 2 aromatic rings. The number of aliphatic hydroxyl groups excluding tert-OH is 1. The second kappa shape index (κ2) is 6.14. The Labute approximate surface area is 141 Å². The van der Waals surface area contributed by atoms with Gasteiger partial charge in [0.2, 0.25) is 0 Å². The average molecular weight is 329 g/mol. The first-order valence-electron chi connectivity index (χ1n) is 8.54. The van der Waals surface area contributed by atoms with Gasteiger partial charge in [-0.05, 0) is 25.7 Å². The summed E-state index contributed by atoms with van der Waals surface area (Å²) >= 11 is 0. The highest BCUT2D eigenvalue weighted by Crippen LogP contribution is 2.36. The summed E-state index contributed by atoms with van der Waals surface area (Å²) in [7, 11) is 0. The second-order valence-corrected chi connectivity index (χ2v) is 7.07. The molecule has 1 saturated carbocycles. The number of aromatic nitrogens is 4. The summed E-state index contributed by atoms with van der Waals surface area (Å²) in [5.74, 6) is 1.27. The Hall–Kier alpha value is -1.99. The molecule has 4 rings (SSSR count). The zero-order chi connectivity index (χ0) is 16.6. The lowest BCUT2D eigenvalue weighted by atomic mass is 9.80. The maximum absolute atomic E-state index is 10.8. The minimum Gasteiger partial charge on any atom is -0.393 e. The van der Waals surface area contributed by atoms with Gasteiger partial charge in [0.05, 0.1) is 24.6 Å². The summed E-state index contributed by atoms with van der Waals surface area (Å²) in [6.07, 6.45) is 9.78. The molecule has 0 aromatic carbocycles. The first-order chi connectivity index (χ1) is 11.6. The molecule has 0 unspecified atom stereocenters. The Morgan fingerprint density at radius 1 is 1.21 bits per heavy atom. The summed E-state index contributed by atoms with van der Waals surface area (Å²) in [6.45, 7) is 2.12. The normalized spacial score (nSPS) is 26.2. The van der Waals surface area contributed by atoms with Gasteiger partial charge in [-0.2, -0.15) is 0 Å². The lowest BCUT2D eigenvalue weighted by Gasteiger charge is -2.39. The van der Waals surface area contributed by atoms with Crippen LogP contribution in [0.25, 0.3) is 0 Å². The van der Waals surface area contributed by atoms with E-state index in [9.17, 15) is 10.2 Å². The lowest BCUT2D eigenvalue weighted by Crippen LogP contribution is -2.47. The van der Waals surface area contributed by atoms with Crippen LogP contribution in [0.15, 0.2) is 31.1 Å². The SMILES string of the molecule is OC1CC(c2cc(N3CCC(O)(Cn4ccnc4)CC3)ncn2)C1. The molecule has 2 aliphatic rings. The third-order valence-corrected chi connectivity index (χ3v) is 5.26. The van der Waals surface area contributed by atoms with Crippen LogP contribution < -0.4 is 4.90 Å². The van der Waals surface area contributed by atoms with Crippen LogP contribution in [-0.4, -0.2) is 54.5 Å². The molecule has 0 radical (unpaired) electrons. The molecule has 3 heterocycles. The number of nitrogens with zero attached hydrogens (tertiary/aromatic N) is 5. The summed E-state index contributed by atoms with van der Waals surface area (Å²) in [4.78, 5) is 15.0. The fourth-order valence-electron chi connectivity index (χ4n) is 3.62. The standard InChI is InChI=1S/C17H23N5O2/c23-14-7-13(8-14)15-9-16(20-11-19-15)22-4-1-17(24,2-5-22)10-21-6-3-18-12-21/h3,6,9,11-14,23-24H,1-2,4-5,7-8,10H2. The molecule has 1 saturated heterocycles. The van der Waals surface area contributed by atoms with Gasteiger partial charge >= 0.3 is 0 Å². The average Bonchev–Trinajstić information content (AvgIpc) is 3.05. The molecule has 7 heteroatoms. The molecule has 0 bridgehead atoms. The minimum atomic E-state index is -0.689. The van der Waals surface area contributed by atoms with Gasteiger partial charge < -0.3 is 19.7 Å². The number of piperidine rings is 1. The van der Waals surface area contributed by atoms with Crippen molar-refractivity contribution in [1.29, 1.82) is 0 Å². The summed E-state index contributed by atoms with van der Waals surface area (Å²) in [5, 5.41) is 20.3. The highest BCUT2D eigenvalue weighted by Gasteiger charge is 2.34. The third kappa shape index (κ3) is 3.14. The molecule has 2 fully saturated rings. The van der Waals surface area contributed by atoms with Crippen molar-refractivity contribution in [1.82, 2.24) is 19.5 Å². The maximum atomic E-state index is 10.8. The molecular formula is C17H23N5O2. The Morgan fingerprint density at radius 3 is 2.67 bits per heavy atom. The number of rotatable bonds is 4. The first kappa shape index (κ1) is 15.5. The summed E-state index contributed by atoms with van der Waals surface area (Å²) < 4.78 is 1.93. The fraction of sp³-hybridized carbons (Fsp3) is 0.588. The van der Waals surface area contributed by atoms with E-state index in [1.54, 1.807) is 18.9 Å². The Morgan fingerprint density at radius 2 is 2.00 bits per heavy atom. The predicted molar refractivity (Wildman–Crippen MR) is 88.6 cm³/mol. The molecule has 24 heavy (non-hydrogen) atoms. The van der Waals surface area contributed by atoms with E-state index in [4.69, 9.17) is 0 Å². The van der Waals surface area contributed by atoms with Crippen LogP contribution in [0.4, 0.5) is 5.82 Å². The Bertz CT molecular complexity index is 676. The zero-order valence-electron chi connectivity index (χ0n) is 13.6. The third-order valence-electron chi connectivity index (χ3n) is 5.26. The zero-order valence-corrected chi connectivity index (χ0v) is 13.6. The van der Waals surface area contributed by atoms with Crippen LogP contribution in [0, 0.1) is 0 Å². The number of anilines is 1. The molecule has 2 aromatic heterocycles. The largest absolute Gasteiger partial charge is 0.393 e. The van der Waals surface area contributed by atoms with Crippen molar-refractivity contribution in [2.75, 3.05) is 18.0 Å². The molecule has 0 atom stereocenters. The first-order valence-corrected chi connectivity index (χ1v) is 8.54. The predicted octanol–water partition coefficient (Wildman–Crippen LogP) is 0.943. The van der Waals surface area contributed by atoms with Gasteiger partial charge in [0.1, 0.15) is 12.1 Å². The van der Waals surface area contributed by atoms with E-state index in [1.807, 2.05) is 16.8 Å². The number of imidazole rings is 1. The number of hydrogen-bond acceptors (Lipinski definition) is 6. The Kier molecular flexibility index (Phi) is 3.97. The maximum Gasteiger partial charge on any atom is 0.132 e. The molecule has 1 aliphatic carbocycles. The second-order valence-electron chi connectivity index (χ2n) is 7.07. The monoisotopic (exact) mass is 329 g/mol. The van der Waals surface area contributed by atoms with Crippen LogP contribution in [0.5, 0.6) is 0 Å². The van der Waals surface area contributed by atoms with Crippen molar-refractivity contribution in [2.24, 2.45) is 0 Å². The van der Waals surface area contributed by atoms with E-state index in [0.29, 0.717) is 25.3 Å². The van der Waals surface area contributed by atoms with Gasteiger partial charge in [0.15, 0.2) is 0 Å². The fourth-order valence-corrected chi connectivity index (χ4v) is 3.62. The quantitative estimate of drug-likeness (QED) is 0.868. The van der Waals surface area contributed by atoms with E-state index in [1.165, 1.54) is 0 Å². The number of hydrogen-bond donors (Lipinski definition) is 2. The highest BCUT2D eigenvalue weighted by atomic mass is 16.3. The van der Waals surface area contributed by atoms with Gasteiger partial charge in [-0.15, -0.1) is 0 Å². The minimum absolute atomic E-state index is 0.179. The van der Waals surface area contributed by atoms with E-state index < -0.39 is 5.60 Å². The van der Waals surface area contributed by atoms with E-state index in [0.717, 1.165) is 37.4 Å². The van der Waals surface area contributed by atoms with Crippen LogP contribution >= 0.6 is 0 Å². The van der Waals surface area contributed by atoms with Crippen molar-refractivity contribution >= 4 is 5.82 Å². The van der Waals surface area contributed by atoms with E-state index in [2.05, 4.69) is 19.9 Å². The van der Waals surface area contributed by atoms with Crippen molar-refractivity contribution in [2.45, 2.75) is 49.9 Å². The van der Waals surface area contributed by atoms with Crippen molar-refractivity contribution in [3.8, 4) is 0 Å². The van der Waals surface area contributed by atoms with Gasteiger partial charge in [0.25, 0.3) is 0 Å². The topological polar surface area (TPSA) is 87.3 Å². The molecule has 0 spiro atoms. The van der Waals surface area contributed by atoms with E-state index in [-0.39, 0.29) is 6.10 Å². The molecule has 1 aliphatic heterocycles. The lowest BCUT2D eigenvalue weighted by molar-refractivity contribution is -0.000198. The van der Waals surface area contributed by atoms with Crippen molar-refractivity contribution in [3.05, 3.63) is 36.8 Å². The van der Waals surface area contributed by atoms with Gasteiger partial charge in [-0.25, -0.2) is 15.0 Å². The van der Waals surface area contributed by atoms with Crippen LogP contribution in [0.2, 0.25) is 0 Å². The highest BCUT2D eigenvalue weighted by molar-refractivity contribution is 5.40. The van der Waals surface area contributed by atoms with E-state index >= 15 is 0 Å². The van der Waals surface area contributed by atoms with Crippen LogP contribution in [0.1, 0.15) is 37.3 Å². The Balaban J connectivity index is 1.39. The molecule has 128 valence electrons. The molecule has 7 nitrogen and oxygen atoms in total. The van der Waals surface area contributed by atoms with Crippen LogP contribution in [0.3, 0.4) is 0 Å². The van der Waals surface area contributed by atoms with Crippen molar-refractivity contribution < 1.29 is 10.2 Å². The van der Waals surface area contributed by atoms with Crippen molar-refractivity contribution in [3.63, 3.8) is 0 Å². The van der Waals surface area contributed by atoms with Crippen LogP contribution in [-0.2, 0) is 6.54 Å². The number of aliphatic hydroxyl groups is 2. The molecular weight excluding hydrogens is 306 g/mol. The molecule has 2 N–H and O–H groups in total.